The van der Waals surface area contributed by atoms with Gasteiger partial charge in [-0.1, -0.05) is 48.6 Å². The minimum Gasteiger partial charge on any atom is -0.493 e. The van der Waals surface area contributed by atoms with E-state index in [1.807, 2.05) is 41.3 Å². The van der Waals surface area contributed by atoms with E-state index >= 15 is 0 Å². The van der Waals surface area contributed by atoms with Gasteiger partial charge in [0.05, 0.1) is 14.2 Å². The normalized spacial score (nSPS) is 22.0. The summed E-state index contributed by atoms with van der Waals surface area (Å²) >= 11 is 0. The largest absolute Gasteiger partial charge is 0.493 e. The van der Waals surface area contributed by atoms with E-state index in [9.17, 15) is 4.79 Å². The first kappa shape index (κ1) is 18.4. The quantitative estimate of drug-likeness (QED) is 0.723. The number of methoxy groups -OCH3 is 2. The van der Waals surface area contributed by atoms with Crippen molar-refractivity contribution < 1.29 is 14.3 Å². The molecule has 144 valence electrons. The maximum absolute atomic E-state index is 12.7. The number of fused-ring (bicyclic) bond motifs is 1. The maximum atomic E-state index is 12.7. The van der Waals surface area contributed by atoms with Crippen molar-refractivity contribution in [2.45, 2.75) is 12.8 Å². The number of carbonyl (C=O) groups excluding carboxylic acids is 1. The van der Waals surface area contributed by atoms with Crippen LogP contribution in [0.15, 0.2) is 66.4 Å². The molecule has 2 atom stereocenters. The Hall–Kier alpha value is -3.01. The average molecular weight is 375 g/mol. The third-order valence-corrected chi connectivity index (χ3v) is 5.49. The summed E-state index contributed by atoms with van der Waals surface area (Å²) < 4.78 is 10.7. The van der Waals surface area contributed by atoms with Crippen LogP contribution >= 0.6 is 0 Å². The Morgan fingerprint density at radius 2 is 1.82 bits per heavy atom. The Kier molecular flexibility index (Phi) is 5.20. The predicted molar refractivity (Wildman–Crippen MR) is 110 cm³/mol. The monoisotopic (exact) mass is 375 g/mol. The van der Waals surface area contributed by atoms with Crippen molar-refractivity contribution in [2.24, 2.45) is 11.8 Å². The second kappa shape index (κ2) is 7.93. The molecule has 2 unspecified atom stereocenters. The number of piperidine rings is 1. The molecule has 1 saturated carbocycles. The van der Waals surface area contributed by atoms with Crippen molar-refractivity contribution in [3.8, 4) is 11.5 Å². The molecule has 1 aliphatic carbocycles. The molecule has 2 aromatic rings. The van der Waals surface area contributed by atoms with Crippen LogP contribution in [0.1, 0.15) is 17.5 Å². The molecule has 0 radical (unpaired) electrons. The number of amides is 1. The van der Waals surface area contributed by atoms with E-state index in [4.69, 9.17) is 9.47 Å². The highest BCUT2D eigenvalue weighted by atomic mass is 16.5. The van der Waals surface area contributed by atoms with Gasteiger partial charge in [-0.3, -0.25) is 4.79 Å². The molecule has 4 heteroatoms. The van der Waals surface area contributed by atoms with E-state index in [-0.39, 0.29) is 11.8 Å². The van der Waals surface area contributed by atoms with Gasteiger partial charge in [0.2, 0.25) is 5.91 Å². The Balaban J connectivity index is 1.46. The van der Waals surface area contributed by atoms with Gasteiger partial charge in [0.25, 0.3) is 0 Å². The first-order valence-electron chi connectivity index (χ1n) is 9.67. The lowest BCUT2D eigenvalue weighted by Crippen LogP contribution is -2.29. The topological polar surface area (TPSA) is 38.8 Å². The molecule has 28 heavy (non-hydrogen) atoms. The number of rotatable bonds is 7. The predicted octanol–water partition coefficient (Wildman–Crippen LogP) is 4.32. The van der Waals surface area contributed by atoms with Crippen LogP contribution in [-0.2, 0) is 11.2 Å². The number of nitrogens with zero attached hydrogens (tertiary/aromatic N) is 1. The number of hydrogen-bond donors (Lipinski definition) is 0. The second-order valence-electron chi connectivity index (χ2n) is 7.24. The molecule has 0 spiro atoms. The molecule has 2 aliphatic rings. The van der Waals surface area contributed by atoms with Gasteiger partial charge < -0.3 is 14.4 Å². The van der Waals surface area contributed by atoms with Gasteiger partial charge in [-0.2, -0.15) is 0 Å². The number of carbonyl (C=O) groups is 1. The van der Waals surface area contributed by atoms with Crippen LogP contribution in [0, 0.1) is 11.8 Å². The molecule has 2 aromatic carbocycles. The fraction of sp³-hybridized carbons (Fsp3) is 0.292. The molecule has 0 aromatic heterocycles. The summed E-state index contributed by atoms with van der Waals surface area (Å²) in [6.07, 6.45) is 8.03. The molecule has 4 nitrogen and oxygen atoms in total. The van der Waals surface area contributed by atoms with Crippen molar-refractivity contribution in [2.75, 3.05) is 20.8 Å². The Morgan fingerprint density at radius 3 is 2.57 bits per heavy atom. The summed E-state index contributed by atoms with van der Waals surface area (Å²) in [7, 11) is 3.27. The van der Waals surface area contributed by atoms with E-state index in [1.165, 1.54) is 0 Å². The van der Waals surface area contributed by atoms with Crippen molar-refractivity contribution in [1.29, 1.82) is 0 Å². The summed E-state index contributed by atoms with van der Waals surface area (Å²) in [5.41, 5.74) is 3.45. The lowest BCUT2D eigenvalue weighted by Gasteiger charge is -2.21. The molecular weight excluding hydrogens is 350 g/mol. The van der Waals surface area contributed by atoms with E-state index in [0.717, 1.165) is 41.2 Å². The molecular formula is C24H25NO3. The molecule has 1 saturated heterocycles. The van der Waals surface area contributed by atoms with Crippen LogP contribution in [0.25, 0.3) is 6.08 Å². The Labute approximate surface area is 166 Å². The minimum atomic E-state index is 0.196. The van der Waals surface area contributed by atoms with Gasteiger partial charge in [0.15, 0.2) is 11.5 Å². The van der Waals surface area contributed by atoms with Gasteiger partial charge >= 0.3 is 0 Å². The van der Waals surface area contributed by atoms with Crippen molar-refractivity contribution in [1.82, 2.24) is 4.90 Å². The molecule has 1 amide bonds. The van der Waals surface area contributed by atoms with Gasteiger partial charge in [-0.25, -0.2) is 0 Å². The van der Waals surface area contributed by atoms with E-state index in [0.29, 0.717) is 12.5 Å². The standard InChI is InChI=1S/C24H25NO3/c1-27-22-12-11-18(15-23(22)28-2)13-14-25-21(19-16-20(19)24(25)26)10-6-9-17-7-4-3-5-8-17/h3-12,15,19-20H,13-14,16H2,1-2H3/b9-6+,21-10-. The van der Waals surface area contributed by atoms with Crippen molar-refractivity contribution in [3.63, 3.8) is 0 Å². The molecule has 2 fully saturated rings. The highest BCUT2D eigenvalue weighted by Gasteiger charge is 2.55. The second-order valence-corrected chi connectivity index (χ2v) is 7.24. The van der Waals surface area contributed by atoms with Gasteiger partial charge in [-0.15, -0.1) is 0 Å². The number of ether oxygens (including phenoxy) is 2. The van der Waals surface area contributed by atoms with E-state index < -0.39 is 0 Å². The van der Waals surface area contributed by atoms with Crippen molar-refractivity contribution in [3.05, 3.63) is 77.5 Å². The van der Waals surface area contributed by atoms with Gasteiger partial charge in [0, 0.05) is 24.1 Å². The van der Waals surface area contributed by atoms with E-state index in [1.54, 1.807) is 14.2 Å². The number of allylic oxidation sites excluding steroid dienone is 3. The zero-order chi connectivity index (χ0) is 19.5. The third kappa shape index (κ3) is 3.68. The van der Waals surface area contributed by atoms with Crippen LogP contribution in [0.3, 0.4) is 0 Å². The molecule has 1 heterocycles. The van der Waals surface area contributed by atoms with Crippen LogP contribution in [0.4, 0.5) is 0 Å². The average Bonchev–Trinajstić information content (AvgIpc) is 3.48. The summed E-state index contributed by atoms with van der Waals surface area (Å²) in [6, 6.07) is 16.1. The fourth-order valence-corrected chi connectivity index (χ4v) is 3.87. The van der Waals surface area contributed by atoms with Crippen LogP contribution in [-0.4, -0.2) is 31.6 Å². The minimum absolute atomic E-state index is 0.196. The molecule has 4 rings (SSSR count). The fourth-order valence-electron chi connectivity index (χ4n) is 3.87. The first-order valence-corrected chi connectivity index (χ1v) is 9.67. The Bertz CT molecular complexity index is 917. The molecule has 0 bridgehead atoms. The summed E-state index contributed by atoms with van der Waals surface area (Å²) in [5, 5.41) is 0. The number of hydrogen-bond acceptors (Lipinski definition) is 3. The SMILES string of the molecule is COc1ccc(CCN2C(=O)C3CC3/C2=C/C=C/c2ccccc2)cc1OC. The number of likely N-dealkylation sites (tertiary alicyclic amines) is 1. The lowest BCUT2D eigenvalue weighted by molar-refractivity contribution is -0.128. The molecule has 0 N–H and O–H groups in total. The first-order chi connectivity index (χ1) is 13.7. The van der Waals surface area contributed by atoms with Crippen molar-refractivity contribution >= 4 is 12.0 Å². The summed E-state index contributed by atoms with van der Waals surface area (Å²) in [4.78, 5) is 14.6. The zero-order valence-corrected chi connectivity index (χ0v) is 16.3. The number of benzene rings is 2. The smallest absolute Gasteiger partial charge is 0.230 e. The maximum Gasteiger partial charge on any atom is 0.230 e. The van der Waals surface area contributed by atoms with Crippen LogP contribution in [0.5, 0.6) is 11.5 Å². The Morgan fingerprint density at radius 1 is 1.04 bits per heavy atom. The summed E-state index contributed by atoms with van der Waals surface area (Å²) in [5.74, 6) is 2.30. The highest BCUT2D eigenvalue weighted by molar-refractivity contribution is 5.88. The molecule has 1 aliphatic heterocycles. The van der Waals surface area contributed by atoms with Crippen LogP contribution < -0.4 is 9.47 Å². The van der Waals surface area contributed by atoms with E-state index in [2.05, 4.69) is 30.4 Å². The van der Waals surface area contributed by atoms with Crippen LogP contribution in [0.2, 0.25) is 0 Å². The summed E-state index contributed by atoms with van der Waals surface area (Å²) in [6.45, 7) is 0.687. The lowest BCUT2D eigenvalue weighted by atomic mass is 10.1. The highest BCUT2D eigenvalue weighted by Crippen LogP contribution is 2.52. The zero-order valence-electron chi connectivity index (χ0n) is 16.3. The van der Waals surface area contributed by atoms with Gasteiger partial charge in [-0.05, 0) is 42.2 Å². The van der Waals surface area contributed by atoms with Gasteiger partial charge in [0.1, 0.15) is 0 Å². The third-order valence-electron chi connectivity index (χ3n) is 5.49.